The summed E-state index contributed by atoms with van der Waals surface area (Å²) in [6.45, 7) is -1.56. The molecule has 108 valence electrons. The van der Waals surface area contributed by atoms with E-state index in [0.29, 0.717) is 10.7 Å². The molecule has 0 aliphatic rings. The molecule has 0 aromatic carbocycles. The number of halogens is 4. The molecule has 0 bridgehead atoms. The van der Waals surface area contributed by atoms with Crippen molar-refractivity contribution < 1.29 is 22.8 Å². The molecule has 0 saturated heterocycles. The highest BCUT2D eigenvalue weighted by Crippen LogP contribution is 2.22. The molecule has 20 heavy (non-hydrogen) atoms. The molecule has 2 heterocycles. The second-order valence-electron chi connectivity index (χ2n) is 3.55. The summed E-state index contributed by atoms with van der Waals surface area (Å²) in [5.74, 6) is -0.838. The van der Waals surface area contributed by atoms with Gasteiger partial charge in [-0.1, -0.05) is 11.6 Å². The Morgan fingerprint density at radius 1 is 1.60 bits per heavy atom. The number of thiazole rings is 1. The molecular formula is C10H7ClF3N3O2S. The number of alkyl halides is 3. The molecule has 0 aliphatic carbocycles. The van der Waals surface area contributed by atoms with Crippen molar-refractivity contribution in [3.63, 3.8) is 0 Å². The number of aromatic nitrogens is 2. The Bertz CT molecular complexity index is 650. The molecule has 2 aromatic heterocycles. The minimum atomic E-state index is -4.51. The zero-order chi connectivity index (χ0) is 14.8. The first-order valence-corrected chi connectivity index (χ1v) is 6.40. The monoisotopic (exact) mass is 325 g/mol. The fourth-order valence-electron chi connectivity index (χ4n) is 1.30. The van der Waals surface area contributed by atoms with Gasteiger partial charge in [0.2, 0.25) is 0 Å². The summed E-state index contributed by atoms with van der Waals surface area (Å²) >= 11 is 7.22. The molecule has 0 spiro atoms. The average Bonchev–Trinajstić information content (AvgIpc) is 2.85. The number of carbonyl (C=O) groups excluding carboxylic acids is 1. The number of hydroxylamine groups is 1. The van der Waals surface area contributed by atoms with Crippen LogP contribution in [0, 0.1) is 0 Å². The van der Waals surface area contributed by atoms with E-state index in [1.54, 1.807) is 21.5 Å². The lowest BCUT2D eigenvalue weighted by atomic mass is 10.4. The quantitative estimate of drug-likeness (QED) is 0.694. The van der Waals surface area contributed by atoms with Crippen LogP contribution in [0.25, 0.3) is 11.0 Å². The zero-order valence-electron chi connectivity index (χ0n) is 9.65. The number of imidazole rings is 1. The van der Waals surface area contributed by atoms with E-state index in [9.17, 15) is 18.0 Å². The van der Waals surface area contributed by atoms with Gasteiger partial charge >= 0.3 is 6.18 Å². The standard InChI is InChI=1S/C10H7ClF3N3O2S/c11-8-6(17-3-4-20-9(17)15-8)1-2-7(18)16-19-5-10(12,13)14/h1-4H,5H2,(H,16,18)/b2-1+. The van der Waals surface area contributed by atoms with Crippen LogP contribution in [-0.4, -0.2) is 28.1 Å². The van der Waals surface area contributed by atoms with Gasteiger partial charge in [0.05, 0.1) is 5.69 Å². The van der Waals surface area contributed by atoms with E-state index in [2.05, 4.69) is 9.82 Å². The van der Waals surface area contributed by atoms with Gasteiger partial charge in [-0.25, -0.2) is 10.5 Å². The predicted octanol–water partition coefficient (Wildman–Crippen LogP) is 2.67. The maximum absolute atomic E-state index is 11.8. The number of nitrogens with one attached hydrogen (secondary N) is 1. The van der Waals surface area contributed by atoms with E-state index < -0.39 is 18.7 Å². The molecule has 1 amide bonds. The van der Waals surface area contributed by atoms with E-state index >= 15 is 0 Å². The van der Waals surface area contributed by atoms with Crippen molar-refractivity contribution >= 4 is 39.9 Å². The number of rotatable bonds is 4. The molecule has 2 aromatic rings. The maximum atomic E-state index is 11.8. The van der Waals surface area contributed by atoms with Crippen LogP contribution in [0.5, 0.6) is 0 Å². The highest BCUT2D eigenvalue weighted by molar-refractivity contribution is 7.15. The number of amides is 1. The molecule has 2 rings (SSSR count). The van der Waals surface area contributed by atoms with Crippen LogP contribution >= 0.6 is 22.9 Å². The zero-order valence-corrected chi connectivity index (χ0v) is 11.2. The fourth-order valence-corrected chi connectivity index (χ4v) is 2.31. The van der Waals surface area contributed by atoms with Crippen LogP contribution in [0.3, 0.4) is 0 Å². The van der Waals surface area contributed by atoms with Crippen LogP contribution in [0.4, 0.5) is 13.2 Å². The number of hydrogen-bond acceptors (Lipinski definition) is 4. The van der Waals surface area contributed by atoms with Gasteiger partial charge < -0.3 is 0 Å². The van der Waals surface area contributed by atoms with Crippen molar-refractivity contribution in [1.82, 2.24) is 14.9 Å². The Morgan fingerprint density at radius 2 is 2.35 bits per heavy atom. The third-order valence-corrected chi connectivity index (χ3v) is 3.09. The Morgan fingerprint density at radius 3 is 3.05 bits per heavy atom. The van der Waals surface area contributed by atoms with E-state index in [4.69, 9.17) is 11.6 Å². The second-order valence-corrected chi connectivity index (χ2v) is 4.78. The van der Waals surface area contributed by atoms with E-state index in [0.717, 1.165) is 6.08 Å². The fraction of sp³-hybridized carbons (Fsp3) is 0.200. The molecule has 1 N–H and O–H groups in total. The first-order chi connectivity index (χ1) is 9.37. The second kappa shape index (κ2) is 5.81. The highest BCUT2D eigenvalue weighted by atomic mass is 35.5. The molecule has 0 unspecified atom stereocenters. The summed E-state index contributed by atoms with van der Waals surface area (Å²) < 4.78 is 37.0. The maximum Gasteiger partial charge on any atom is 0.414 e. The molecule has 0 fully saturated rings. The summed E-state index contributed by atoms with van der Waals surface area (Å²) in [4.78, 5) is 19.9. The number of hydrogen-bond donors (Lipinski definition) is 1. The normalized spacial score (nSPS) is 12.4. The first kappa shape index (κ1) is 14.8. The molecule has 0 aliphatic heterocycles. The van der Waals surface area contributed by atoms with Crippen molar-refractivity contribution in [2.75, 3.05) is 6.61 Å². The minimum absolute atomic E-state index is 0.192. The van der Waals surface area contributed by atoms with Gasteiger partial charge in [-0.15, -0.1) is 11.3 Å². The van der Waals surface area contributed by atoms with E-state index in [1.807, 2.05) is 0 Å². The number of carbonyl (C=O) groups is 1. The molecule has 0 radical (unpaired) electrons. The van der Waals surface area contributed by atoms with Crippen molar-refractivity contribution in [1.29, 1.82) is 0 Å². The Kier molecular flexibility index (Phi) is 4.31. The van der Waals surface area contributed by atoms with E-state index in [-0.39, 0.29) is 5.15 Å². The molecule has 0 atom stereocenters. The summed E-state index contributed by atoms with van der Waals surface area (Å²) in [6.07, 6.45) is -0.462. The largest absolute Gasteiger partial charge is 0.414 e. The Hall–Kier alpha value is -1.58. The van der Waals surface area contributed by atoms with Gasteiger partial charge in [-0.3, -0.25) is 14.0 Å². The lowest BCUT2D eigenvalue weighted by molar-refractivity contribution is -0.190. The molecule has 5 nitrogen and oxygen atoms in total. The summed E-state index contributed by atoms with van der Waals surface area (Å²) in [7, 11) is 0. The number of fused-ring (bicyclic) bond motifs is 1. The SMILES string of the molecule is O=C(/C=C/c1c(Cl)nc2sccn12)NOCC(F)(F)F. The molecular weight excluding hydrogens is 319 g/mol. The van der Waals surface area contributed by atoms with Gasteiger partial charge in [0.25, 0.3) is 5.91 Å². The summed E-state index contributed by atoms with van der Waals surface area (Å²) in [5, 5.41) is 1.97. The van der Waals surface area contributed by atoms with Crippen LogP contribution in [0.15, 0.2) is 17.7 Å². The Balaban J connectivity index is 1.97. The van der Waals surface area contributed by atoms with Crippen LogP contribution in [0.2, 0.25) is 5.15 Å². The van der Waals surface area contributed by atoms with Gasteiger partial charge in [0.15, 0.2) is 16.7 Å². The predicted molar refractivity (Wildman–Crippen MR) is 67.3 cm³/mol. The van der Waals surface area contributed by atoms with E-state index in [1.165, 1.54) is 17.4 Å². The third kappa shape index (κ3) is 3.71. The van der Waals surface area contributed by atoms with Crippen LogP contribution in [-0.2, 0) is 9.63 Å². The lowest BCUT2D eigenvalue weighted by Crippen LogP contribution is -2.28. The highest BCUT2D eigenvalue weighted by Gasteiger charge is 2.28. The molecule has 0 saturated carbocycles. The summed E-state index contributed by atoms with van der Waals surface area (Å²) in [5.41, 5.74) is 2.10. The van der Waals surface area contributed by atoms with Gasteiger partial charge in [-0.2, -0.15) is 13.2 Å². The van der Waals surface area contributed by atoms with Gasteiger partial charge in [0.1, 0.15) is 0 Å². The van der Waals surface area contributed by atoms with Crippen molar-refractivity contribution in [2.24, 2.45) is 0 Å². The minimum Gasteiger partial charge on any atom is -0.289 e. The third-order valence-electron chi connectivity index (χ3n) is 2.06. The Labute approximate surface area is 119 Å². The first-order valence-electron chi connectivity index (χ1n) is 5.14. The lowest BCUT2D eigenvalue weighted by Gasteiger charge is -2.06. The van der Waals surface area contributed by atoms with Crippen LogP contribution in [0.1, 0.15) is 5.69 Å². The topological polar surface area (TPSA) is 55.6 Å². The number of nitrogens with zero attached hydrogens (tertiary/aromatic N) is 2. The van der Waals surface area contributed by atoms with Gasteiger partial charge in [-0.05, 0) is 6.08 Å². The smallest absolute Gasteiger partial charge is 0.289 e. The van der Waals surface area contributed by atoms with Crippen molar-refractivity contribution in [2.45, 2.75) is 6.18 Å². The summed E-state index contributed by atoms with van der Waals surface area (Å²) in [6, 6.07) is 0. The van der Waals surface area contributed by atoms with Crippen molar-refractivity contribution in [3.05, 3.63) is 28.5 Å². The van der Waals surface area contributed by atoms with Crippen molar-refractivity contribution in [3.8, 4) is 0 Å². The van der Waals surface area contributed by atoms with Crippen LogP contribution < -0.4 is 5.48 Å². The van der Waals surface area contributed by atoms with Gasteiger partial charge in [0, 0.05) is 17.7 Å². The molecule has 10 heteroatoms. The average molecular weight is 326 g/mol.